The molecule has 0 saturated carbocycles. The highest BCUT2D eigenvalue weighted by atomic mass is 14.6. The van der Waals surface area contributed by atoms with Crippen LogP contribution in [-0.2, 0) is 6.42 Å². The van der Waals surface area contributed by atoms with Crippen LogP contribution in [0.2, 0.25) is 0 Å². The second kappa shape index (κ2) is 5.13. The largest absolute Gasteiger partial charge is 0.324 e. The number of nitrogens with two attached hydrogens (primary N) is 1. The molecule has 0 radical (unpaired) electrons. The molecule has 2 N–H and O–H groups in total. The minimum atomic E-state index is 0.285. The van der Waals surface area contributed by atoms with E-state index in [0.29, 0.717) is 0 Å². The Morgan fingerprint density at radius 2 is 1.93 bits per heavy atom. The van der Waals surface area contributed by atoms with Gasteiger partial charge in [0.15, 0.2) is 0 Å². The Balaban J connectivity index is 2.07. The zero-order valence-electron chi connectivity index (χ0n) is 9.15. The first-order chi connectivity index (χ1) is 7.36. The monoisotopic (exact) mass is 201 g/mol. The Bertz CT molecular complexity index is 326. The molecule has 1 aliphatic carbocycles. The molecule has 15 heavy (non-hydrogen) atoms. The molecule has 1 heteroatoms. The fourth-order valence-electron chi connectivity index (χ4n) is 2.17. The lowest BCUT2D eigenvalue weighted by atomic mass is 9.97. The Labute approximate surface area is 92.0 Å². The summed E-state index contributed by atoms with van der Waals surface area (Å²) in [5.41, 5.74) is 8.96. The highest BCUT2D eigenvalue weighted by Crippen LogP contribution is 2.19. The lowest BCUT2D eigenvalue weighted by Gasteiger charge is -2.13. The molecule has 1 aliphatic rings. The maximum Gasteiger partial charge on any atom is 0.0256 e. The predicted octanol–water partition coefficient (Wildman–Crippen LogP) is 3.06. The van der Waals surface area contributed by atoms with Gasteiger partial charge in [-0.2, -0.15) is 0 Å². The van der Waals surface area contributed by atoms with Gasteiger partial charge >= 0.3 is 0 Å². The van der Waals surface area contributed by atoms with Gasteiger partial charge in [-0.15, -0.1) is 0 Å². The first-order valence-electron chi connectivity index (χ1n) is 5.84. The highest BCUT2D eigenvalue weighted by molar-refractivity contribution is 5.24. The van der Waals surface area contributed by atoms with E-state index in [9.17, 15) is 0 Å². The molecule has 1 aromatic rings. The van der Waals surface area contributed by atoms with Crippen LogP contribution < -0.4 is 5.73 Å². The molecule has 2 rings (SSSR count). The zero-order chi connectivity index (χ0) is 10.5. The van der Waals surface area contributed by atoms with Crippen molar-refractivity contribution in [3.8, 4) is 0 Å². The molecule has 0 aliphatic heterocycles. The normalized spacial score (nSPS) is 21.9. The Morgan fingerprint density at radius 1 is 1.13 bits per heavy atom. The van der Waals surface area contributed by atoms with Gasteiger partial charge in [0.25, 0.3) is 0 Å². The Morgan fingerprint density at radius 3 is 2.73 bits per heavy atom. The van der Waals surface area contributed by atoms with Crippen LogP contribution in [0.3, 0.4) is 0 Å². The van der Waals surface area contributed by atoms with E-state index in [2.05, 4.69) is 36.4 Å². The third-order valence-electron chi connectivity index (χ3n) is 3.10. The molecule has 0 fully saturated rings. The summed E-state index contributed by atoms with van der Waals surface area (Å²) in [6.07, 6.45) is 8.31. The molecule has 1 aromatic carbocycles. The molecule has 0 aromatic heterocycles. The minimum Gasteiger partial charge on any atom is -0.324 e. The number of rotatable bonds is 2. The molecular formula is C14H19N. The standard InChI is InChI=1S/C14H19N/c15-14-10-6-2-5-9-13(14)11-12-7-3-1-4-8-12/h1,3-4,7-9,14H,2,5-6,10-11,15H2. The second-order valence-corrected chi connectivity index (χ2v) is 4.33. The molecule has 1 atom stereocenters. The number of benzene rings is 1. The predicted molar refractivity (Wildman–Crippen MR) is 64.7 cm³/mol. The number of hydrogen-bond donors (Lipinski definition) is 1. The van der Waals surface area contributed by atoms with Crippen molar-refractivity contribution >= 4 is 0 Å². The molecule has 0 spiro atoms. The maximum absolute atomic E-state index is 6.16. The average molecular weight is 201 g/mol. The van der Waals surface area contributed by atoms with Crippen LogP contribution >= 0.6 is 0 Å². The fraction of sp³-hybridized carbons (Fsp3) is 0.429. The first-order valence-corrected chi connectivity index (χ1v) is 5.84. The van der Waals surface area contributed by atoms with Crippen LogP contribution in [0.25, 0.3) is 0 Å². The lowest BCUT2D eigenvalue weighted by molar-refractivity contribution is 0.634. The van der Waals surface area contributed by atoms with E-state index in [4.69, 9.17) is 5.73 Å². The summed E-state index contributed by atoms with van der Waals surface area (Å²) in [6.45, 7) is 0. The van der Waals surface area contributed by atoms with Crippen molar-refractivity contribution in [1.82, 2.24) is 0 Å². The highest BCUT2D eigenvalue weighted by Gasteiger charge is 2.12. The van der Waals surface area contributed by atoms with Gasteiger partial charge in [0, 0.05) is 6.04 Å². The van der Waals surface area contributed by atoms with Crippen molar-refractivity contribution in [3.05, 3.63) is 47.5 Å². The number of hydrogen-bond acceptors (Lipinski definition) is 1. The van der Waals surface area contributed by atoms with E-state index in [1.807, 2.05) is 0 Å². The van der Waals surface area contributed by atoms with Crippen molar-refractivity contribution in [1.29, 1.82) is 0 Å². The SMILES string of the molecule is NC1CCCCC=C1Cc1ccccc1. The fourth-order valence-corrected chi connectivity index (χ4v) is 2.17. The van der Waals surface area contributed by atoms with E-state index >= 15 is 0 Å². The molecule has 0 bridgehead atoms. The molecule has 0 heterocycles. The van der Waals surface area contributed by atoms with Gasteiger partial charge in [0.1, 0.15) is 0 Å². The molecule has 80 valence electrons. The van der Waals surface area contributed by atoms with Gasteiger partial charge in [-0.05, 0) is 31.2 Å². The maximum atomic E-state index is 6.16. The summed E-state index contributed by atoms with van der Waals surface area (Å²) < 4.78 is 0. The quantitative estimate of drug-likeness (QED) is 0.731. The van der Waals surface area contributed by atoms with E-state index < -0.39 is 0 Å². The zero-order valence-corrected chi connectivity index (χ0v) is 9.15. The van der Waals surface area contributed by atoms with Gasteiger partial charge in [-0.3, -0.25) is 0 Å². The summed E-state index contributed by atoms with van der Waals surface area (Å²) in [5.74, 6) is 0. The van der Waals surface area contributed by atoms with E-state index in [-0.39, 0.29) is 6.04 Å². The van der Waals surface area contributed by atoms with Gasteiger partial charge in [-0.1, -0.05) is 48.4 Å². The van der Waals surface area contributed by atoms with Gasteiger partial charge in [0.2, 0.25) is 0 Å². The van der Waals surface area contributed by atoms with Gasteiger partial charge in [-0.25, -0.2) is 0 Å². The van der Waals surface area contributed by atoms with Crippen molar-refractivity contribution in [2.75, 3.05) is 0 Å². The summed E-state index contributed by atoms with van der Waals surface area (Å²) in [6, 6.07) is 10.9. The van der Waals surface area contributed by atoms with E-state index in [0.717, 1.165) is 12.8 Å². The van der Waals surface area contributed by atoms with Crippen LogP contribution in [0, 0.1) is 0 Å². The summed E-state index contributed by atoms with van der Waals surface area (Å²) >= 11 is 0. The average Bonchev–Trinajstić information content (AvgIpc) is 2.46. The topological polar surface area (TPSA) is 26.0 Å². The lowest BCUT2D eigenvalue weighted by Crippen LogP contribution is -2.22. The third-order valence-corrected chi connectivity index (χ3v) is 3.10. The molecule has 1 unspecified atom stereocenters. The van der Waals surface area contributed by atoms with Crippen molar-refractivity contribution in [3.63, 3.8) is 0 Å². The molecule has 1 nitrogen and oxygen atoms in total. The van der Waals surface area contributed by atoms with Crippen molar-refractivity contribution in [2.45, 2.75) is 38.1 Å². The van der Waals surface area contributed by atoms with Crippen LogP contribution in [0.1, 0.15) is 31.2 Å². The second-order valence-electron chi connectivity index (χ2n) is 4.33. The van der Waals surface area contributed by atoms with Crippen LogP contribution in [-0.4, -0.2) is 6.04 Å². The third kappa shape index (κ3) is 2.93. The Kier molecular flexibility index (Phi) is 3.57. The smallest absolute Gasteiger partial charge is 0.0256 e. The summed E-state index contributed by atoms with van der Waals surface area (Å²) in [5, 5.41) is 0. The van der Waals surface area contributed by atoms with Gasteiger partial charge < -0.3 is 5.73 Å². The minimum absolute atomic E-state index is 0.285. The van der Waals surface area contributed by atoms with E-state index in [1.54, 1.807) is 0 Å². The van der Waals surface area contributed by atoms with Crippen LogP contribution in [0.15, 0.2) is 42.0 Å². The summed E-state index contributed by atoms with van der Waals surface area (Å²) in [7, 11) is 0. The van der Waals surface area contributed by atoms with E-state index in [1.165, 1.54) is 30.4 Å². The number of allylic oxidation sites excluding steroid dienone is 1. The van der Waals surface area contributed by atoms with Crippen molar-refractivity contribution in [2.24, 2.45) is 5.73 Å². The molecular weight excluding hydrogens is 182 g/mol. The van der Waals surface area contributed by atoms with Crippen LogP contribution in [0.4, 0.5) is 0 Å². The molecule has 0 saturated heterocycles. The molecule has 0 amide bonds. The van der Waals surface area contributed by atoms with Crippen molar-refractivity contribution < 1.29 is 0 Å². The Hall–Kier alpha value is -1.08. The first kappa shape index (κ1) is 10.4. The van der Waals surface area contributed by atoms with Crippen LogP contribution in [0.5, 0.6) is 0 Å². The summed E-state index contributed by atoms with van der Waals surface area (Å²) in [4.78, 5) is 0. The van der Waals surface area contributed by atoms with Gasteiger partial charge in [0.05, 0.1) is 0 Å².